The minimum absolute atomic E-state index is 0.0834. The second-order valence-corrected chi connectivity index (χ2v) is 5.43. The first-order valence-corrected chi connectivity index (χ1v) is 7.54. The number of likely N-dealkylation sites (N-methyl/N-ethyl adjacent to an activating group) is 1. The Balaban J connectivity index is 1.61. The lowest BCUT2D eigenvalue weighted by Gasteiger charge is -1.99. The number of carbonyl (C=O) groups excluding carboxylic acids is 1. The van der Waals surface area contributed by atoms with Crippen LogP contribution in [0.15, 0.2) is 45.2 Å². The second-order valence-electron chi connectivity index (χ2n) is 5.43. The molecule has 2 heterocycles. The fraction of sp³-hybridized carbons (Fsp3) is 0.118. The van der Waals surface area contributed by atoms with Crippen molar-refractivity contribution < 1.29 is 18.0 Å². The second kappa shape index (κ2) is 5.90. The number of nitrogens with one attached hydrogen (secondary N) is 2. The van der Waals surface area contributed by atoms with Gasteiger partial charge in [0.25, 0.3) is 0 Å². The van der Waals surface area contributed by atoms with E-state index in [4.69, 9.17) is 8.83 Å². The monoisotopic (exact) mass is 340 g/mol. The number of carbonyl (C=O) groups is 1. The summed E-state index contributed by atoms with van der Waals surface area (Å²) in [5.74, 6) is -0.486. The number of halogens is 1. The van der Waals surface area contributed by atoms with Crippen LogP contribution in [0.1, 0.15) is 5.56 Å². The van der Waals surface area contributed by atoms with Crippen LogP contribution >= 0.6 is 0 Å². The van der Waals surface area contributed by atoms with E-state index in [0.29, 0.717) is 22.2 Å². The molecule has 2 N–H and O–H groups in total. The van der Waals surface area contributed by atoms with Crippen LogP contribution in [0, 0.1) is 5.82 Å². The van der Waals surface area contributed by atoms with E-state index in [1.54, 1.807) is 25.2 Å². The Hall–Kier alpha value is -3.42. The van der Waals surface area contributed by atoms with Gasteiger partial charge in [-0.1, -0.05) is 6.07 Å². The molecule has 25 heavy (non-hydrogen) atoms. The van der Waals surface area contributed by atoms with Crippen molar-refractivity contribution in [2.24, 2.45) is 0 Å². The molecular formula is C17H13FN4O3. The fourth-order valence-corrected chi connectivity index (χ4v) is 2.45. The van der Waals surface area contributed by atoms with Crippen molar-refractivity contribution in [2.75, 3.05) is 12.4 Å². The maximum Gasteiger partial charge on any atom is 0.303 e. The lowest BCUT2D eigenvalue weighted by Crippen LogP contribution is -2.19. The molecule has 4 aromatic rings. The number of nitrogens with zero attached hydrogens (tertiary/aromatic N) is 2. The number of fused-ring (bicyclic) bond motifs is 2. The van der Waals surface area contributed by atoms with Crippen molar-refractivity contribution in [3.05, 3.63) is 47.8 Å². The van der Waals surface area contributed by atoms with E-state index < -0.39 is 5.82 Å². The molecule has 0 saturated heterocycles. The van der Waals surface area contributed by atoms with Crippen LogP contribution in [0.2, 0.25) is 0 Å². The van der Waals surface area contributed by atoms with E-state index in [1.165, 1.54) is 18.2 Å². The maximum atomic E-state index is 13.2. The highest BCUT2D eigenvalue weighted by Gasteiger charge is 2.12. The van der Waals surface area contributed by atoms with Gasteiger partial charge in [-0.3, -0.25) is 10.1 Å². The summed E-state index contributed by atoms with van der Waals surface area (Å²) in [4.78, 5) is 20.0. The molecular weight excluding hydrogens is 327 g/mol. The number of aromatic nitrogens is 2. The van der Waals surface area contributed by atoms with Crippen molar-refractivity contribution in [1.82, 2.24) is 15.3 Å². The molecule has 0 aliphatic heterocycles. The predicted molar refractivity (Wildman–Crippen MR) is 89.0 cm³/mol. The summed E-state index contributed by atoms with van der Waals surface area (Å²) in [5, 5.41) is 5.39. The zero-order valence-electron chi connectivity index (χ0n) is 13.2. The first-order chi connectivity index (χ1) is 12.1. The van der Waals surface area contributed by atoms with Crippen LogP contribution in [-0.4, -0.2) is 22.9 Å². The normalized spacial score (nSPS) is 11.1. The van der Waals surface area contributed by atoms with Crippen molar-refractivity contribution in [1.29, 1.82) is 0 Å². The smallest absolute Gasteiger partial charge is 0.303 e. The third-order valence-electron chi connectivity index (χ3n) is 3.66. The maximum absolute atomic E-state index is 13.2. The van der Waals surface area contributed by atoms with E-state index in [0.717, 1.165) is 5.56 Å². The van der Waals surface area contributed by atoms with Crippen LogP contribution in [-0.2, 0) is 11.2 Å². The first-order valence-electron chi connectivity index (χ1n) is 7.54. The van der Waals surface area contributed by atoms with Gasteiger partial charge in [0.05, 0.1) is 6.42 Å². The summed E-state index contributed by atoms with van der Waals surface area (Å²) in [6, 6.07) is 9.75. The molecule has 0 spiro atoms. The quantitative estimate of drug-likeness (QED) is 0.593. The van der Waals surface area contributed by atoms with Crippen molar-refractivity contribution in [2.45, 2.75) is 6.42 Å². The van der Waals surface area contributed by atoms with Crippen molar-refractivity contribution in [3.8, 4) is 0 Å². The SMILES string of the molecule is CNC(=O)Cc1ccc2oc(Nc3nc4ccc(F)cc4o3)nc2c1. The fourth-order valence-electron chi connectivity index (χ4n) is 2.45. The molecule has 7 nitrogen and oxygen atoms in total. The van der Waals surface area contributed by atoms with Gasteiger partial charge in [0.15, 0.2) is 11.2 Å². The van der Waals surface area contributed by atoms with Crippen molar-refractivity contribution in [3.63, 3.8) is 0 Å². The van der Waals surface area contributed by atoms with E-state index in [9.17, 15) is 9.18 Å². The highest BCUT2D eigenvalue weighted by molar-refractivity contribution is 5.81. The third kappa shape index (κ3) is 3.01. The Kier molecular flexibility index (Phi) is 3.57. The lowest BCUT2D eigenvalue weighted by molar-refractivity contribution is -0.119. The average Bonchev–Trinajstić information content (AvgIpc) is 3.16. The van der Waals surface area contributed by atoms with E-state index >= 15 is 0 Å². The Morgan fingerprint density at radius 1 is 1.04 bits per heavy atom. The summed E-state index contributed by atoms with van der Waals surface area (Å²) in [7, 11) is 1.59. The molecule has 0 saturated carbocycles. The van der Waals surface area contributed by atoms with Gasteiger partial charge < -0.3 is 14.2 Å². The minimum Gasteiger partial charge on any atom is -0.423 e. The topological polar surface area (TPSA) is 93.2 Å². The molecule has 0 unspecified atom stereocenters. The van der Waals surface area contributed by atoms with Crippen molar-refractivity contribution >= 4 is 40.1 Å². The zero-order valence-corrected chi connectivity index (χ0v) is 13.2. The Bertz CT molecular complexity index is 1090. The number of benzene rings is 2. The Labute approximate surface area is 140 Å². The molecule has 126 valence electrons. The molecule has 0 aliphatic rings. The highest BCUT2D eigenvalue weighted by Crippen LogP contribution is 2.25. The van der Waals surface area contributed by atoms with Gasteiger partial charge in [-0.15, -0.1) is 0 Å². The van der Waals surface area contributed by atoms with Gasteiger partial charge in [-0.25, -0.2) is 4.39 Å². The highest BCUT2D eigenvalue weighted by atomic mass is 19.1. The molecule has 0 fully saturated rings. The molecule has 1 amide bonds. The number of hydrogen-bond acceptors (Lipinski definition) is 6. The molecule has 0 bridgehead atoms. The minimum atomic E-state index is -0.402. The van der Waals surface area contributed by atoms with Crippen LogP contribution in [0.5, 0.6) is 0 Å². The molecule has 2 aromatic carbocycles. The number of oxazole rings is 2. The van der Waals surface area contributed by atoms with Crippen LogP contribution in [0.4, 0.5) is 16.4 Å². The summed E-state index contributed by atoms with van der Waals surface area (Å²) in [6.45, 7) is 0. The predicted octanol–water partition coefficient (Wildman–Crippen LogP) is 3.14. The molecule has 0 radical (unpaired) electrons. The largest absolute Gasteiger partial charge is 0.423 e. The first kappa shape index (κ1) is 15.1. The summed E-state index contributed by atoms with van der Waals surface area (Å²) >= 11 is 0. The summed E-state index contributed by atoms with van der Waals surface area (Å²) in [6.07, 6.45) is 0.263. The standard InChI is InChI=1S/C17H13FN4O3/c1-19-15(23)7-9-2-5-13-12(6-9)21-17(24-13)22-16-20-11-4-3-10(18)8-14(11)25-16/h2-6,8H,7H2,1H3,(H,19,23)(H,20,21,22). The van der Waals surface area contributed by atoms with Crippen LogP contribution in [0.3, 0.4) is 0 Å². The van der Waals surface area contributed by atoms with Crippen LogP contribution in [0.25, 0.3) is 22.2 Å². The average molecular weight is 340 g/mol. The lowest BCUT2D eigenvalue weighted by atomic mass is 10.1. The third-order valence-corrected chi connectivity index (χ3v) is 3.66. The van der Waals surface area contributed by atoms with Gasteiger partial charge in [-0.2, -0.15) is 9.97 Å². The van der Waals surface area contributed by atoms with Gasteiger partial charge in [-0.05, 0) is 29.8 Å². The number of rotatable bonds is 4. The summed E-state index contributed by atoms with van der Waals surface area (Å²) < 4.78 is 24.2. The van der Waals surface area contributed by atoms with E-state index in [1.807, 2.05) is 0 Å². The van der Waals surface area contributed by atoms with Crippen LogP contribution < -0.4 is 10.6 Å². The van der Waals surface area contributed by atoms with Gasteiger partial charge >= 0.3 is 12.0 Å². The molecule has 8 heteroatoms. The van der Waals surface area contributed by atoms with Gasteiger partial charge in [0, 0.05) is 13.1 Å². The molecule has 0 atom stereocenters. The molecule has 4 rings (SSSR count). The zero-order chi connectivity index (χ0) is 17.4. The van der Waals surface area contributed by atoms with E-state index in [2.05, 4.69) is 20.6 Å². The summed E-state index contributed by atoms with van der Waals surface area (Å²) in [5.41, 5.74) is 2.83. The number of amides is 1. The van der Waals surface area contributed by atoms with E-state index in [-0.39, 0.29) is 24.4 Å². The number of anilines is 2. The van der Waals surface area contributed by atoms with Gasteiger partial charge in [0.1, 0.15) is 16.9 Å². The molecule has 0 aliphatic carbocycles. The number of hydrogen-bond donors (Lipinski definition) is 2. The van der Waals surface area contributed by atoms with Gasteiger partial charge in [0.2, 0.25) is 5.91 Å². The Morgan fingerprint density at radius 3 is 2.60 bits per heavy atom. The molecule has 2 aromatic heterocycles. The Morgan fingerprint density at radius 2 is 1.80 bits per heavy atom.